The fourth-order valence-corrected chi connectivity index (χ4v) is 4.95. The van der Waals surface area contributed by atoms with E-state index in [0.29, 0.717) is 35.8 Å². The molecular formula is C30H24Cl2N4O3. The van der Waals surface area contributed by atoms with E-state index in [2.05, 4.69) is 9.97 Å². The smallest absolute Gasteiger partial charge is 0.261 e. The molecule has 0 bridgehead atoms. The van der Waals surface area contributed by atoms with Crippen molar-refractivity contribution in [2.24, 2.45) is 0 Å². The highest BCUT2D eigenvalue weighted by Crippen LogP contribution is 2.23. The topological polar surface area (TPSA) is 83.5 Å². The molecule has 0 saturated carbocycles. The molecule has 0 saturated heterocycles. The van der Waals surface area contributed by atoms with Gasteiger partial charge in [0, 0.05) is 48.7 Å². The Hall–Kier alpha value is -4.07. The average Bonchev–Trinajstić information content (AvgIpc) is 2.98. The van der Waals surface area contributed by atoms with E-state index in [1.54, 1.807) is 30.5 Å². The molecule has 0 aliphatic carbocycles. The quantitative estimate of drug-likeness (QED) is 0.239. The lowest BCUT2D eigenvalue weighted by Crippen LogP contribution is -2.42. The van der Waals surface area contributed by atoms with Crippen LogP contribution in [0.2, 0.25) is 10.3 Å². The summed E-state index contributed by atoms with van der Waals surface area (Å²) in [5, 5.41) is 0.735. The first-order valence-corrected chi connectivity index (χ1v) is 13.2. The van der Waals surface area contributed by atoms with Crippen molar-refractivity contribution in [1.82, 2.24) is 19.8 Å². The maximum absolute atomic E-state index is 12.4. The molecule has 0 unspecified atom stereocenters. The van der Waals surface area contributed by atoms with E-state index in [1.165, 1.54) is 16.5 Å². The summed E-state index contributed by atoms with van der Waals surface area (Å²) in [4.78, 5) is 48.3. The van der Waals surface area contributed by atoms with Gasteiger partial charge in [-0.3, -0.25) is 19.3 Å². The van der Waals surface area contributed by atoms with Gasteiger partial charge in [0.1, 0.15) is 10.3 Å². The Labute approximate surface area is 236 Å². The lowest BCUT2D eigenvalue weighted by molar-refractivity contribution is 0.0604. The number of imide groups is 1. The number of pyridine rings is 2. The van der Waals surface area contributed by atoms with E-state index in [0.717, 1.165) is 29.7 Å². The zero-order chi connectivity index (χ0) is 27.4. The first-order chi connectivity index (χ1) is 18.9. The summed E-state index contributed by atoms with van der Waals surface area (Å²) in [7, 11) is 0. The van der Waals surface area contributed by atoms with Crippen molar-refractivity contribution in [2.45, 2.75) is 19.4 Å². The first-order valence-electron chi connectivity index (χ1n) is 12.4. The number of halogens is 2. The minimum Gasteiger partial charge on any atom is -0.334 e. The fraction of sp³-hybridized carbons (Fsp3) is 0.167. The lowest BCUT2D eigenvalue weighted by atomic mass is 10.0. The Balaban J connectivity index is 0.000000158. The molecule has 6 rings (SSSR count). The van der Waals surface area contributed by atoms with Gasteiger partial charge in [-0.15, -0.1) is 0 Å². The number of fused-ring (bicyclic) bond motifs is 2. The van der Waals surface area contributed by atoms with E-state index in [1.807, 2.05) is 53.6 Å². The van der Waals surface area contributed by atoms with Crippen molar-refractivity contribution >= 4 is 40.9 Å². The van der Waals surface area contributed by atoms with Crippen molar-refractivity contribution < 1.29 is 14.4 Å². The van der Waals surface area contributed by atoms with Gasteiger partial charge in [0.2, 0.25) is 0 Å². The van der Waals surface area contributed by atoms with Crippen LogP contribution in [0.1, 0.15) is 47.8 Å². The zero-order valence-electron chi connectivity index (χ0n) is 20.9. The monoisotopic (exact) mass is 558 g/mol. The number of hydrogen-bond acceptors (Lipinski definition) is 5. The van der Waals surface area contributed by atoms with Gasteiger partial charge >= 0.3 is 0 Å². The normalized spacial score (nSPS) is 14.1. The fourth-order valence-electron chi connectivity index (χ4n) is 4.61. The van der Waals surface area contributed by atoms with Gasteiger partial charge in [-0.05, 0) is 65.9 Å². The molecule has 0 N–H and O–H groups in total. The molecule has 3 amide bonds. The standard InChI is InChI=1S/C15H11ClN2O2.C15H13ClN2O/c16-13-8-12-11(9-17-13)6-7-18(15(12)20)14(19)10-4-2-1-3-5-10;16-14-8-13-10-18(7-6-12(13)9-17-14)15(19)11-4-2-1-3-5-11/h1-5,8-9H,6-7H2;1-5,8-9H,6-7,10H2. The molecule has 39 heavy (non-hydrogen) atoms. The summed E-state index contributed by atoms with van der Waals surface area (Å²) in [6.07, 6.45) is 4.84. The Morgan fingerprint density at radius 2 is 1.26 bits per heavy atom. The van der Waals surface area contributed by atoms with Crippen LogP contribution in [0.25, 0.3) is 0 Å². The maximum Gasteiger partial charge on any atom is 0.261 e. The van der Waals surface area contributed by atoms with Crippen molar-refractivity contribution in [3.8, 4) is 0 Å². The molecular weight excluding hydrogens is 535 g/mol. The highest BCUT2D eigenvalue weighted by atomic mass is 35.5. The molecule has 0 atom stereocenters. The third-order valence-corrected chi connectivity index (χ3v) is 7.08. The summed E-state index contributed by atoms with van der Waals surface area (Å²) in [5.41, 5.74) is 4.80. The Morgan fingerprint density at radius 1 is 0.692 bits per heavy atom. The lowest BCUT2D eigenvalue weighted by Gasteiger charge is -2.28. The van der Waals surface area contributed by atoms with E-state index in [4.69, 9.17) is 23.2 Å². The molecule has 0 fully saturated rings. The molecule has 0 radical (unpaired) electrons. The zero-order valence-corrected chi connectivity index (χ0v) is 22.4. The molecule has 9 heteroatoms. The maximum atomic E-state index is 12.4. The molecule has 4 aromatic rings. The van der Waals surface area contributed by atoms with Crippen LogP contribution in [0.15, 0.2) is 85.2 Å². The molecule has 7 nitrogen and oxygen atoms in total. The third kappa shape index (κ3) is 6.00. The highest BCUT2D eigenvalue weighted by Gasteiger charge is 2.30. The van der Waals surface area contributed by atoms with Crippen LogP contribution >= 0.6 is 23.2 Å². The van der Waals surface area contributed by atoms with Crippen molar-refractivity contribution in [2.75, 3.05) is 13.1 Å². The third-order valence-electron chi connectivity index (χ3n) is 6.67. The number of benzene rings is 2. The minimum atomic E-state index is -0.315. The van der Waals surface area contributed by atoms with Gasteiger partial charge in [0.25, 0.3) is 17.7 Å². The largest absolute Gasteiger partial charge is 0.334 e. The molecule has 2 aromatic carbocycles. The molecule has 2 aromatic heterocycles. The Morgan fingerprint density at radius 3 is 1.92 bits per heavy atom. The molecule has 4 heterocycles. The second kappa shape index (κ2) is 11.8. The summed E-state index contributed by atoms with van der Waals surface area (Å²) in [5.74, 6) is -0.530. The molecule has 2 aliphatic rings. The van der Waals surface area contributed by atoms with Crippen molar-refractivity contribution in [1.29, 1.82) is 0 Å². The van der Waals surface area contributed by atoms with Gasteiger partial charge in [0.15, 0.2) is 0 Å². The van der Waals surface area contributed by atoms with Gasteiger partial charge in [-0.1, -0.05) is 59.6 Å². The number of hydrogen-bond donors (Lipinski definition) is 0. The van der Waals surface area contributed by atoms with E-state index >= 15 is 0 Å². The summed E-state index contributed by atoms with van der Waals surface area (Å²) in [6.45, 7) is 1.69. The van der Waals surface area contributed by atoms with E-state index < -0.39 is 0 Å². The van der Waals surface area contributed by atoms with Crippen LogP contribution < -0.4 is 0 Å². The van der Waals surface area contributed by atoms with Crippen LogP contribution in [0.4, 0.5) is 0 Å². The second-order valence-corrected chi connectivity index (χ2v) is 9.94. The summed E-state index contributed by atoms with van der Waals surface area (Å²) in [6, 6.07) is 21.5. The number of aromatic nitrogens is 2. The molecule has 2 aliphatic heterocycles. The number of rotatable bonds is 2. The van der Waals surface area contributed by atoms with Crippen LogP contribution in [-0.4, -0.2) is 50.6 Å². The first kappa shape index (κ1) is 26.5. The number of nitrogens with zero attached hydrogens (tertiary/aromatic N) is 4. The number of amides is 3. The second-order valence-electron chi connectivity index (χ2n) is 9.16. The highest BCUT2D eigenvalue weighted by molar-refractivity contribution is 6.30. The average molecular weight is 559 g/mol. The van der Waals surface area contributed by atoms with Gasteiger partial charge in [-0.25, -0.2) is 9.97 Å². The predicted octanol–water partition coefficient (Wildman–Crippen LogP) is 5.51. The van der Waals surface area contributed by atoms with Gasteiger partial charge in [-0.2, -0.15) is 0 Å². The number of carbonyl (C=O) groups excluding carboxylic acids is 3. The molecule has 0 spiro atoms. The van der Waals surface area contributed by atoms with Crippen molar-refractivity contribution in [3.05, 3.63) is 129 Å². The van der Waals surface area contributed by atoms with Crippen LogP contribution in [0, 0.1) is 0 Å². The molecule has 196 valence electrons. The van der Waals surface area contributed by atoms with Crippen LogP contribution in [-0.2, 0) is 19.4 Å². The SMILES string of the molecule is O=C(c1ccccc1)N1CCc2cnc(Cl)cc2C1.O=C(c1ccccc1)N1CCc2cnc(Cl)cc2C1=O. The summed E-state index contributed by atoms with van der Waals surface area (Å²) >= 11 is 11.7. The van der Waals surface area contributed by atoms with Gasteiger partial charge in [0.05, 0.1) is 0 Å². The van der Waals surface area contributed by atoms with Gasteiger partial charge < -0.3 is 4.90 Å². The predicted molar refractivity (Wildman–Crippen MR) is 149 cm³/mol. The van der Waals surface area contributed by atoms with Crippen LogP contribution in [0.5, 0.6) is 0 Å². The minimum absolute atomic E-state index is 0.0687. The number of carbonyl (C=O) groups is 3. The summed E-state index contributed by atoms with van der Waals surface area (Å²) < 4.78 is 0. The van der Waals surface area contributed by atoms with Crippen molar-refractivity contribution in [3.63, 3.8) is 0 Å². The Kier molecular flexibility index (Phi) is 8.00. The van der Waals surface area contributed by atoms with E-state index in [-0.39, 0.29) is 22.9 Å². The Bertz CT molecular complexity index is 1530. The van der Waals surface area contributed by atoms with Crippen LogP contribution in [0.3, 0.4) is 0 Å². The van der Waals surface area contributed by atoms with E-state index in [9.17, 15) is 14.4 Å².